The molecule has 22 heavy (non-hydrogen) atoms. The van der Waals surface area contributed by atoms with Crippen LogP contribution in [0.4, 0.5) is 0 Å². The number of hydrogen-bond donors (Lipinski definition) is 2. The van der Waals surface area contributed by atoms with Crippen LogP contribution in [0, 0.1) is 17.8 Å². The third-order valence-corrected chi connectivity index (χ3v) is 5.01. The van der Waals surface area contributed by atoms with Crippen LogP contribution in [-0.4, -0.2) is 37.7 Å². The van der Waals surface area contributed by atoms with Crippen molar-refractivity contribution in [1.82, 2.24) is 10.6 Å². The van der Waals surface area contributed by atoms with Crippen molar-refractivity contribution in [2.45, 2.75) is 64.9 Å². The zero-order chi connectivity index (χ0) is 16.0. The van der Waals surface area contributed by atoms with Crippen LogP contribution in [-0.2, 0) is 9.53 Å². The molecule has 4 heteroatoms. The smallest absolute Gasteiger partial charge is 0.309 e. The maximum absolute atomic E-state index is 12.7. The lowest BCUT2D eigenvalue weighted by Crippen LogP contribution is -2.38. The summed E-state index contributed by atoms with van der Waals surface area (Å²) in [6.45, 7) is 10.3. The second-order valence-electron chi connectivity index (χ2n) is 8.00. The summed E-state index contributed by atoms with van der Waals surface area (Å²) in [5, 5.41) is 6.82. The van der Waals surface area contributed by atoms with Gasteiger partial charge in [-0.2, -0.15) is 0 Å². The molecule has 0 aliphatic carbocycles. The van der Waals surface area contributed by atoms with Gasteiger partial charge in [0.2, 0.25) is 0 Å². The molecule has 2 aliphatic rings. The Hall–Kier alpha value is -0.610. The second-order valence-corrected chi connectivity index (χ2v) is 8.00. The van der Waals surface area contributed by atoms with Crippen LogP contribution < -0.4 is 10.6 Å². The molecule has 2 heterocycles. The number of nitrogens with one attached hydrogen (secondary N) is 2. The van der Waals surface area contributed by atoms with Gasteiger partial charge in [-0.1, -0.05) is 0 Å². The highest BCUT2D eigenvalue weighted by molar-refractivity contribution is 5.73. The normalized spacial score (nSPS) is 23.2. The van der Waals surface area contributed by atoms with E-state index >= 15 is 0 Å². The van der Waals surface area contributed by atoms with Gasteiger partial charge in [-0.25, -0.2) is 0 Å². The Balaban J connectivity index is 1.92. The first-order valence-electron chi connectivity index (χ1n) is 9.10. The fourth-order valence-corrected chi connectivity index (χ4v) is 3.76. The summed E-state index contributed by atoms with van der Waals surface area (Å²) >= 11 is 0. The quantitative estimate of drug-likeness (QED) is 0.767. The molecule has 1 atom stereocenters. The van der Waals surface area contributed by atoms with Gasteiger partial charge in [0, 0.05) is 0 Å². The van der Waals surface area contributed by atoms with Gasteiger partial charge in [0.05, 0.1) is 5.92 Å². The minimum atomic E-state index is -0.378. The Morgan fingerprint density at radius 3 is 2.14 bits per heavy atom. The number of esters is 1. The first-order valence-corrected chi connectivity index (χ1v) is 9.10. The molecule has 0 aromatic heterocycles. The van der Waals surface area contributed by atoms with E-state index < -0.39 is 0 Å². The van der Waals surface area contributed by atoms with Crippen molar-refractivity contribution < 1.29 is 9.53 Å². The predicted octanol–water partition coefficient (Wildman–Crippen LogP) is 2.72. The highest BCUT2D eigenvalue weighted by atomic mass is 16.6. The molecular weight excluding hydrogens is 276 g/mol. The first kappa shape index (κ1) is 17.7. The van der Waals surface area contributed by atoms with Crippen LogP contribution in [0.2, 0.25) is 0 Å². The van der Waals surface area contributed by atoms with E-state index in [1.54, 1.807) is 0 Å². The zero-order valence-corrected chi connectivity index (χ0v) is 14.6. The van der Waals surface area contributed by atoms with Crippen LogP contribution in [0.25, 0.3) is 0 Å². The second kappa shape index (κ2) is 8.30. The number of rotatable bonds is 5. The molecule has 2 rings (SSSR count). The average molecular weight is 310 g/mol. The summed E-state index contributed by atoms with van der Waals surface area (Å²) in [4.78, 5) is 12.7. The van der Waals surface area contributed by atoms with E-state index in [0.717, 1.165) is 51.4 Å². The Kier molecular flexibility index (Phi) is 6.69. The van der Waals surface area contributed by atoms with E-state index in [1.165, 1.54) is 19.3 Å². The van der Waals surface area contributed by atoms with Crippen molar-refractivity contribution in [2.75, 3.05) is 26.2 Å². The number of ether oxygens (including phenoxy) is 1. The minimum Gasteiger partial charge on any atom is -0.460 e. The highest BCUT2D eigenvalue weighted by Gasteiger charge is 2.33. The fourth-order valence-electron chi connectivity index (χ4n) is 3.76. The van der Waals surface area contributed by atoms with Crippen molar-refractivity contribution in [3.8, 4) is 0 Å². The summed E-state index contributed by atoms with van der Waals surface area (Å²) in [7, 11) is 0. The lowest BCUT2D eigenvalue weighted by atomic mass is 9.79. The van der Waals surface area contributed by atoms with Crippen molar-refractivity contribution in [2.24, 2.45) is 17.8 Å². The van der Waals surface area contributed by atoms with E-state index in [1.807, 2.05) is 20.8 Å². The molecule has 2 N–H and O–H groups in total. The van der Waals surface area contributed by atoms with E-state index in [4.69, 9.17) is 4.74 Å². The topological polar surface area (TPSA) is 50.4 Å². The molecule has 0 radical (unpaired) electrons. The third kappa shape index (κ3) is 5.88. The molecule has 4 nitrogen and oxygen atoms in total. The lowest BCUT2D eigenvalue weighted by molar-refractivity contribution is -0.163. The van der Waals surface area contributed by atoms with Gasteiger partial charge in [-0.05, 0) is 97.3 Å². The van der Waals surface area contributed by atoms with Gasteiger partial charge in [0.25, 0.3) is 0 Å². The molecular formula is C18H34N2O2. The maximum atomic E-state index is 12.7. The average Bonchev–Trinajstić information content (AvgIpc) is 2.48. The highest BCUT2D eigenvalue weighted by Crippen LogP contribution is 2.31. The van der Waals surface area contributed by atoms with E-state index in [9.17, 15) is 4.79 Å². The van der Waals surface area contributed by atoms with Gasteiger partial charge >= 0.3 is 5.97 Å². The third-order valence-electron chi connectivity index (χ3n) is 5.01. The first-order chi connectivity index (χ1) is 10.5. The molecule has 0 aromatic carbocycles. The largest absolute Gasteiger partial charge is 0.460 e. The van der Waals surface area contributed by atoms with Gasteiger partial charge in [-0.15, -0.1) is 0 Å². The van der Waals surface area contributed by atoms with Crippen molar-refractivity contribution in [1.29, 1.82) is 0 Å². The van der Waals surface area contributed by atoms with Crippen LogP contribution in [0.5, 0.6) is 0 Å². The molecule has 0 aromatic rings. The molecule has 0 amide bonds. The van der Waals surface area contributed by atoms with E-state index in [-0.39, 0.29) is 17.5 Å². The summed E-state index contributed by atoms with van der Waals surface area (Å²) in [6.07, 6.45) is 6.91. The maximum Gasteiger partial charge on any atom is 0.309 e. The summed E-state index contributed by atoms with van der Waals surface area (Å²) in [5.74, 6) is 1.41. The van der Waals surface area contributed by atoms with E-state index in [0.29, 0.717) is 5.92 Å². The van der Waals surface area contributed by atoms with Crippen LogP contribution in [0.15, 0.2) is 0 Å². The number of piperidine rings is 2. The summed E-state index contributed by atoms with van der Waals surface area (Å²) < 4.78 is 5.72. The Morgan fingerprint density at radius 2 is 1.59 bits per heavy atom. The standard InChI is InChI=1S/C18H34N2O2/c1-18(2,3)22-17(21)16(15-8-12-20-13-9-15)5-4-14-6-10-19-11-7-14/h14-16,19-20H,4-13H2,1-3H3. The molecule has 0 bridgehead atoms. The van der Waals surface area contributed by atoms with E-state index in [2.05, 4.69) is 10.6 Å². The minimum absolute atomic E-state index is 0.0355. The Morgan fingerprint density at radius 1 is 1.05 bits per heavy atom. The molecule has 1 unspecified atom stereocenters. The summed E-state index contributed by atoms with van der Waals surface area (Å²) in [6, 6.07) is 0. The molecule has 0 saturated carbocycles. The molecule has 0 spiro atoms. The van der Waals surface area contributed by atoms with Crippen molar-refractivity contribution >= 4 is 5.97 Å². The van der Waals surface area contributed by atoms with Crippen LogP contribution >= 0.6 is 0 Å². The lowest BCUT2D eigenvalue weighted by Gasteiger charge is -2.33. The van der Waals surface area contributed by atoms with Gasteiger partial charge < -0.3 is 15.4 Å². The van der Waals surface area contributed by atoms with Crippen molar-refractivity contribution in [3.05, 3.63) is 0 Å². The van der Waals surface area contributed by atoms with Gasteiger partial charge in [-0.3, -0.25) is 4.79 Å². The van der Waals surface area contributed by atoms with Crippen LogP contribution in [0.1, 0.15) is 59.3 Å². The fraction of sp³-hybridized carbons (Fsp3) is 0.944. The van der Waals surface area contributed by atoms with Crippen LogP contribution in [0.3, 0.4) is 0 Å². The molecule has 2 aliphatic heterocycles. The van der Waals surface area contributed by atoms with Gasteiger partial charge in [0.15, 0.2) is 0 Å². The van der Waals surface area contributed by atoms with Crippen molar-refractivity contribution in [3.63, 3.8) is 0 Å². The monoisotopic (exact) mass is 310 g/mol. The Labute approximate surface area is 135 Å². The molecule has 2 fully saturated rings. The molecule has 2 saturated heterocycles. The van der Waals surface area contributed by atoms with Gasteiger partial charge in [0.1, 0.15) is 5.60 Å². The number of hydrogen-bond acceptors (Lipinski definition) is 4. The number of carbonyl (C=O) groups excluding carboxylic acids is 1. The SMILES string of the molecule is CC(C)(C)OC(=O)C(CCC1CCNCC1)C1CCNCC1. The number of carbonyl (C=O) groups is 1. The predicted molar refractivity (Wildman–Crippen MR) is 89.8 cm³/mol. The summed E-state index contributed by atoms with van der Waals surface area (Å²) in [5.41, 5.74) is -0.378. The Bertz CT molecular complexity index is 339. The molecule has 128 valence electrons. The zero-order valence-electron chi connectivity index (χ0n) is 14.6.